The lowest BCUT2D eigenvalue weighted by molar-refractivity contribution is -0.137. The Morgan fingerprint density at radius 1 is 0.967 bits per heavy atom. The third-order valence-electron chi connectivity index (χ3n) is 4.63. The molecular weight excluding hydrogens is 420 g/mol. The summed E-state index contributed by atoms with van der Waals surface area (Å²) in [6.45, 7) is 0.170. The molecule has 0 spiro atoms. The van der Waals surface area contributed by atoms with E-state index in [1.54, 1.807) is 55.9 Å². The molecule has 150 valence electrons. The van der Waals surface area contributed by atoms with Gasteiger partial charge < -0.3 is 4.74 Å². The molecule has 0 bridgehead atoms. The number of imide groups is 1. The van der Waals surface area contributed by atoms with Gasteiger partial charge in [0.25, 0.3) is 11.8 Å². The van der Waals surface area contributed by atoms with Gasteiger partial charge in [0.15, 0.2) is 0 Å². The van der Waals surface area contributed by atoms with Crippen molar-refractivity contribution in [1.29, 1.82) is 0 Å². The first-order valence-corrected chi connectivity index (χ1v) is 10.3. The Hall–Kier alpha value is -3.09. The molecule has 0 N–H and O–H groups in total. The predicted octanol–water partition coefficient (Wildman–Crippen LogP) is 4.82. The van der Waals surface area contributed by atoms with Gasteiger partial charge >= 0.3 is 0 Å². The topological polar surface area (TPSA) is 59.5 Å². The molecule has 2 amide bonds. The van der Waals surface area contributed by atoms with Crippen LogP contribution >= 0.6 is 23.4 Å². The Balaban J connectivity index is 1.78. The number of amides is 2. The van der Waals surface area contributed by atoms with Gasteiger partial charge in [-0.2, -0.15) is 0 Å². The highest BCUT2D eigenvalue weighted by molar-refractivity contribution is 8.04. The number of carbonyl (C=O) groups excluding carboxylic acids is 2. The molecular formula is C23H17ClN2O3S. The van der Waals surface area contributed by atoms with Gasteiger partial charge in [-0.25, -0.2) is 0 Å². The zero-order chi connectivity index (χ0) is 21.1. The Kier molecular flexibility index (Phi) is 5.88. The van der Waals surface area contributed by atoms with E-state index in [9.17, 15) is 9.59 Å². The number of methoxy groups -OCH3 is 1. The third-order valence-corrected chi connectivity index (χ3v) is 5.97. The normalized spacial score (nSPS) is 13.9. The SMILES string of the molecule is COc1ccccc1C1=C(Sc2ccc(Cl)cc2)C(=O)N(Cc2ccncc2)C1=O. The number of aromatic nitrogens is 1. The third kappa shape index (κ3) is 3.97. The molecule has 0 aliphatic carbocycles. The molecule has 0 saturated carbocycles. The summed E-state index contributed by atoms with van der Waals surface area (Å²) >= 11 is 7.23. The maximum absolute atomic E-state index is 13.4. The van der Waals surface area contributed by atoms with Crippen molar-refractivity contribution in [2.75, 3.05) is 7.11 Å². The molecule has 0 unspecified atom stereocenters. The summed E-state index contributed by atoms with van der Waals surface area (Å²) in [7, 11) is 1.54. The van der Waals surface area contributed by atoms with E-state index in [2.05, 4.69) is 4.98 Å². The van der Waals surface area contributed by atoms with E-state index >= 15 is 0 Å². The van der Waals surface area contributed by atoms with Gasteiger partial charge in [0.1, 0.15) is 5.75 Å². The summed E-state index contributed by atoms with van der Waals surface area (Å²) in [5.74, 6) is -0.149. The molecule has 4 rings (SSSR count). The first kappa shape index (κ1) is 20.2. The van der Waals surface area contributed by atoms with E-state index in [0.717, 1.165) is 10.5 Å². The van der Waals surface area contributed by atoms with Crippen LogP contribution in [0.4, 0.5) is 0 Å². The van der Waals surface area contributed by atoms with Crippen LogP contribution in [0.15, 0.2) is 82.9 Å². The fourth-order valence-electron chi connectivity index (χ4n) is 3.17. The maximum Gasteiger partial charge on any atom is 0.268 e. The van der Waals surface area contributed by atoms with Crippen LogP contribution in [0.2, 0.25) is 5.02 Å². The van der Waals surface area contributed by atoms with Crippen LogP contribution in [0.1, 0.15) is 11.1 Å². The van der Waals surface area contributed by atoms with Crippen LogP contribution in [0, 0.1) is 0 Å². The molecule has 2 aromatic carbocycles. The second kappa shape index (κ2) is 8.73. The number of hydrogen-bond donors (Lipinski definition) is 0. The standard InChI is InChI=1S/C23H17ClN2O3S/c1-29-19-5-3-2-4-18(19)20-21(30-17-8-6-16(24)7-9-17)23(28)26(22(20)27)14-15-10-12-25-13-11-15/h2-13H,14H2,1H3. The predicted molar refractivity (Wildman–Crippen MR) is 117 cm³/mol. The van der Waals surface area contributed by atoms with Gasteiger partial charge in [-0.05, 0) is 48.0 Å². The number of hydrogen-bond acceptors (Lipinski definition) is 5. The number of nitrogens with zero attached hydrogens (tertiary/aromatic N) is 2. The van der Waals surface area contributed by atoms with Crippen LogP contribution in [0.25, 0.3) is 5.57 Å². The summed E-state index contributed by atoms with van der Waals surface area (Å²) in [6.07, 6.45) is 3.27. The van der Waals surface area contributed by atoms with Crippen LogP contribution in [0.5, 0.6) is 5.75 Å². The van der Waals surface area contributed by atoms with Crippen molar-refractivity contribution < 1.29 is 14.3 Å². The molecule has 1 aliphatic rings. The number of carbonyl (C=O) groups is 2. The van der Waals surface area contributed by atoms with Crippen molar-refractivity contribution in [3.8, 4) is 5.75 Å². The maximum atomic E-state index is 13.4. The lowest BCUT2D eigenvalue weighted by Crippen LogP contribution is -2.30. The number of para-hydroxylation sites is 1. The molecule has 7 heteroatoms. The van der Waals surface area contributed by atoms with Gasteiger partial charge in [-0.1, -0.05) is 41.6 Å². The smallest absolute Gasteiger partial charge is 0.268 e. The zero-order valence-corrected chi connectivity index (χ0v) is 17.6. The van der Waals surface area contributed by atoms with Crippen molar-refractivity contribution in [2.24, 2.45) is 0 Å². The average molecular weight is 437 g/mol. The summed E-state index contributed by atoms with van der Waals surface area (Å²) < 4.78 is 5.46. The quantitative estimate of drug-likeness (QED) is 0.518. The molecule has 1 aromatic heterocycles. The molecule has 0 saturated heterocycles. The Morgan fingerprint density at radius 3 is 2.37 bits per heavy atom. The first-order valence-electron chi connectivity index (χ1n) is 9.14. The number of ether oxygens (including phenoxy) is 1. The lowest BCUT2D eigenvalue weighted by Gasteiger charge is -2.15. The fourth-order valence-corrected chi connectivity index (χ4v) is 4.30. The molecule has 1 aliphatic heterocycles. The minimum Gasteiger partial charge on any atom is -0.496 e. The second-order valence-corrected chi connectivity index (χ2v) is 8.03. The van der Waals surface area contributed by atoms with Gasteiger partial charge in [-0.15, -0.1) is 0 Å². The van der Waals surface area contributed by atoms with Crippen molar-refractivity contribution in [2.45, 2.75) is 11.4 Å². The van der Waals surface area contributed by atoms with Crippen molar-refractivity contribution in [1.82, 2.24) is 9.88 Å². The van der Waals surface area contributed by atoms with Crippen LogP contribution in [0.3, 0.4) is 0 Å². The van der Waals surface area contributed by atoms with Crippen LogP contribution in [-0.2, 0) is 16.1 Å². The molecule has 0 fully saturated rings. The van der Waals surface area contributed by atoms with E-state index in [0.29, 0.717) is 26.8 Å². The summed E-state index contributed by atoms with van der Waals surface area (Å²) in [5, 5.41) is 0.603. The van der Waals surface area contributed by atoms with Crippen molar-refractivity contribution in [3.05, 3.63) is 94.1 Å². The number of benzene rings is 2. The van der Waals surface area contributed by atoms with E-state index in [1.807, 2.05) is 24.3 Å². The summed E-state index contributed by atoms with van der Waals surface area (Å²) in [4.78, 5) is 33.1. The number of pyridine rings is 1. The van der Waals surface area contributed by atoms with Crippen molar-refractivity contribution >= 4 is 40.8 Å². The molecule has 0 radical (unpaired) electrons. The monoisotopic (exact) mass is 436 g/mol. The Labute approximate surface area is 183 Å². The molecule has 3 aromatic rings. The largest absolute Gasteiger partial charge is 0.496 e. The zero-order valence-electron chi connectivity index (χ0n) is 16.0. The fraction of sp³-hybridized carbons (Fsp3) is 0.0870. The molecule has 30 heavy (non-hydrogen) atoms. The average Bonchev–Trinajstić information content (AvgIpc) is 3.00. The van der Waals surface area contributed by atoms with Crippen molar-refractivity contribution in [3.63, 3.8) is 0 Å². The van der Waals surface area contributed by atoms with Gasteiger partial charge in [0.2, 0.25) is 0 Å². The Bertz CT molecular complexity index is 1130. The van der Waals surface area contributed by atoms with E-state index in [1.165, 1.54) is 16.7 Å². The first-order chi connectivity index (χ1) is 14.6. The molecule has 0 atom stereocenters. The number of rotatable bonds is 6. The molecule has 5 nitrogen and oxygen atoms in total. The minimum absolute atomic E-state index is 0.170. The van der Waals surface area contributed by atoms with E-state index in [4.69, 9.17) is 16.3 Å². The number of halogens is 1. The van der Waals surface area contributed by atoms with Gasteiger partial charge in [-0.3, -0.25) is 19.5 Å². The van der Waals surface area contributed by atoms with E-state index in [-0.39, 0.29) is 18.4 Å². The highest BCUT2D eigenvalue weighted by Crippen LogP contribution is 2.42. The van der Waals surface area contributed by atoms with Gasteiger partial charge in [0, 0.05) is 27.9 Å². The summed E-state index contributed by atoms with van der Waals surface area (Å²) in [5.41, 5.74) is 1.75. The minimum atomic E-state index is -0.349. The van der Waals surface area contributed by atoms with Crippen LogP contribution in [-0.4, -0.2) is 28.8 Å². The molecule has 2 heterocycles. The Morgan fingerprint density at radius 2 is 1.67 bits per heavy atom. The lowest BCUT2D eigenvalue weighted by atomic mass is 10.0. The highest BCUT2D eigenvalue weighted by Gasteiger charge is 2.40. The second-order valence-electron chi connectivity index (χ2n) is 6.51. The van der Waals surface area contributed by atoms with Gasteiger partial charge in [0.05, 0.1) is 24.1 Å². The summed E-state index contributed by atoms with van der Waals surface area (Å²) in [6, 6.07) is 17.9. The van der Waals surface area contributed by atoms with E-state index < -0.39 is 0 Å². The highest BCUT2D eigenvalue weighted by atomic mass is 35.5. The van der Waals surface area contributed by atoms with Crippen LogP contribution < -0.4 is 4.74 Å². The number of thioether (sulfide) groups is 1.